The predicted molar refractivity (Wildman–Crippen MR) is 76.3 cm³/mol. The van der Waals surface area contributed by atoms with E-state index in [9.17, 15) is 14.7 Å². The molecule has 0 aliphatic carbocycles. The Labute approximate surface area is 123 Å². The average molecular weight is 292 g/mol. The van der Waals surface area contributed by atoms with Crippen molar-refractivity contribution in [2.45, 2.75) is 38.7 Å². The van der Waals surface area contributed by atoms with Crippen LogP contribution in [0.25, 0.3) is 0 Å². The fraction of sp³-hybridized carbons (Fsp3) is 0.500. The number of aliphatic carboxylic acids is 1. The van der Waals surface area contributed by atoms with E-state index in [4.69, 9.17) is 9.47 Å². The molecule has 0 aromatic heterocycles. The fourth-order valence-electron chi connectivity index (χ4n) is 2.48. The maximum Gasteiger partial charge on any atom is 0.307 e. The number of fused-ring (bicyclic) bond motifs is 1. The number of carbonyl (C=O) groups is 2. The summed E-state index contributed by atoms with van der Waals surface area (Å²) in [5.74, 6) is -1.99. The van der Waals surface area contributed by atoms with Gasteiger partial charge in [0.05, 0.1) is 18.9 Å². The second kappa shape index (κ2) is 5.76. The molecule has 0 saturated heterocycles. The lowest BCUT2D eigenvalue weighted by atomic mass is 9.85. The zero-order valence-electron chi connectivity index (χ0n) is 12.5. The monoisotopic (exact) mass is 292 g/mol. The number of hydrogen-bond donors (Lipinski definition) is 1. The topological polar surface area (TPSA) is 72.8 Å². The van der Waals surface area contributed by atoms with Gasteiger partial charge < -0.3 is 14.6 Å². The second-order valence-electron chi connectivity index (χ2n) is 6.19. The highest BCUT2D eigenvalue weighted by atomic mass is 16.6. The van der Waals surface area contributed by atoms with Gasteiger partial charge in [0, 0.05) is 11.5 Å². The molecule has 21 heavy (non-hydrogen) atoms. The normalized spacial score (nSPS) is 18.5. The van der Waals surface area contributed by atoms with Crippen molar-refractivity contribution in [1.82, 2.24) is 0 Å². The lowest BCUT2D eigenvalue weighted by Crippen LogP contribution is -2.30. The van der Waals surface area contributed by atoms with Crippen LogP contribution >= 0.6 is 0 Å². The molecule has 1 aromatic rings. The van der Waals surface area contributed by atoms with Crippen LogP contribution < -0.4 is 4.74 Å². The average Bonchev–Trinajstić information content (AvgIpc) is 2.77. The van der Waals surface area contributed by atoms with E-state index in [1.165, 1.54) is 0 Å². The molecule has 0 spiro atoms. The number of esters is 1. The predicted octanol–water partition coefficient (Wildman–Crippen LogP) is 2.60. The molecule has 0 amide bonds. The number of carbonyl (C=O) groups excluding carboxylic acids is 1. The van der Waals surface area contributed by atoms with E-state index in [1.807, 2.05) is 24.3 Å². The Morgan fingerprint density at radius 3 is 2.67 bits per heavy atom. The van der Waals surface area contributed by atoms with Gasteiger partial charge in [-0.25, -0.2) is 0 Å². The van der Waals surface area contributed by atoms with E-state index >= 15 is 0 Å². The molecule has 1 unspecified atom stereocenters. The summed E-state index contributed by atoms with van der Waals surface area (Å²) in [7, 11) is 0. The first-order valence-electron chi connectivity index (χ1n) is 6.94. The van der Waals surface area contributed by atoms with E-state index < -0.39 is 23.5 Å². The minimum Gasteiger partial charge on any atom is -0.493 e. The molecule has 0 fully saturated rings. The highest BCUT2D eigenvalue weighted by Gasteiger charge is 2.37. The maximum absolute atomic E-state index is 11.9. The van der Waals surface area contributed by atoms with Crippen molar-refractivity contribution in [2.75, 3.05) is 6.61 Å². The summed E-state index contributed by atoms with van der Waals surface area (Å²) < 4.78 is 10.7. The molecule has 114 valence electrons. The van der Waals surface area contributed by atoms with E-state index in [2.05, 4.69) is 0 Å². The van der Waals surface area contributed by atoms with Gasteiger partial charge in [0.25, 0.3) is 0 Å². The zero-order valence-corrected chi connectivity index (χ0v) is 12.5. The maximum atomic E-state index is 11.9. The molecule has 0 bridgehead atoms. The van der Waals surface area contributed by atoms with Crippen molar-refractivity contribution in [2.24, 2.45) is 5.92 Å². The second-order valence-corrected chi connectivity index (χ2v) is 6.19. The third kappa shape index (κ3) is 3.74. The van der Waals surface area contributed by atoms with E-state index in [-0.39, 0.29) is 18.9 Å². The van der Waals surface area contributed by atoms with Crippen molar-refractivity contribution in [1.29, 1.82) is 0 Å². The van der Waals surface area contributed by atoms with Gasteiger partial charge in [0.1, 0.15) is 11.4 Å². The molecule has 0 saturated carbocycles. The van der Waals surface area contributed by atoms with Gasteiger partial charge in [-0.15, -0.1) is 0 Å². The van der Waals surface area contributed by atoms with Gasteiger partial charge in [-0.1, -0.05) is 18.2 Å². The van der Waals surface area contributed by atoms with Gasteiger partial charge >= 0.3 is 11.9 Å². The Bertz CT molecular complexity index is 544. The smallest absolute Gasteiger partial charge is 0.307 e. The molecule has 0 radical (unpaired) electrons. The van der Waals surface area contributed by atoms with Crippen molar-refractivity contribution in [3.05, 3.63) is 29.8 Å². The van der Waals surface area contributed by atoms with Crippen molar-refractivity contribution in [3.8, 4) is 5.75 Å². The van der Waals surface area contributed by atoms with Crippen LogP contribution in [0.5, 0.6) is 5.75 Å². The molecule has 5 nitrogen and oxygen atoms in total. The number of benzene rings is 1. The zero-order chi connectivity index (χ0) is 15.6. The molecule has 2 rings (SSSR count). The van der Waals surface area contributed by atoms with E-state index in [0.29, 0.717) is 5.75 Å². The number of para-hydroxylation sites is 1. The van der Waals surface area contributed by atoms with Crippen LogP contribution in [0.2, 0.25) is 0 Å². The minimum absolute atomic E-state index is 0.158. The van der Waals surface area contributed by atoms with E-state index in [0.717, 1.165) is 5.56 Å². The van der Waals surface area contributed by atoms with Gasteiger partial charge in [0.15, 0.2) is 0 Å². The van der Waals surface area contributed by atoms with Crippen LogP contribution in [-0.4, -0.2) is 29.3 Å². The Kier molecular flexibility index (Phi) is 4.21. The largest absolute Gasteiger partial charge is 0.493 e. The summed E-state index contributed by atoms with van der Waals surface area (Å²) >= 11 is 0. The molecule has 1 aliphatic heterocycles. The van der Waals surface area contributed by atoms with Crippen LogP contribution in [-0.2, 0) is 14.3 Å². The number of carboxylic acid groups (broad SMARTS) is 1. The third-order valence-electron chi connectivity index (χ3n) is 3.35. The quantitative estimate of drug-likeness (QED) is 0.863. The third-order valence-corrected chi connectivity index (χ3v) is 3.35. The van der Waals surface area contributed by atoms with Crippen LogP contribution in [0.3, 0.4) is 0 Å². The van der Waals surface area contributed by atoms with Crippen molar-refractivity contribution >= 4 is 11.9 Å². The lowest BCUT2D eigenvalue weighted by Gasteiger charge is -2.23. The van der Waals surface area contributed by atoms with Crippen LogP contribution in [0.15, 0.2) is 24.3 Å². The molecule has 1 aliphatic rings. The number of rotatable bonds is 4. The van der Waals surface area contributed by atoms with E-state index in [1.54, 1.807) is 20.8 Å². The number of hydrogen-bond acceptors (Lipinski definition) is 4. The summed E-state index contributed by atoms with van der Waals surface area (Å²) in [4.78, 5) is 23.4. The van der Waals surface area contributed by atoms with Gasteiger partial charge in [-0.3, -0.25) is 9.59 Å². The first-order valence-corrected chi connectivity index (χ1v) is 6.94. The van der Waals surface area contributed by atoms with Gasteiger partial charge in [0.2, 0.25) is 0 Å². The molecule has 1 N–H and O–H groups in total. The summed E-state index contributed by atoms with van der Waals surface area (Å²) in [5, 5.41) is 9.44. The Hall–Kier alpha value is -2.04. The molecule has 1 aromatic carbocycles. The van der Waals surface area contributed by atoms with Crippen molar-refractivity contribution < 1.29 is 24.2 Å². The lowest BCUT2D eigenvalue weighted by molar-refractivity contribution is -0.160. The van der Waals surface area contributed by atoms with Crippen molar-refractivity contribution in [3.63, 3.8) is 0 Å². The summed E-state index contributed by atoms with van der Waals surface area (Å²) in [6.45, 7) is 5.55. The summed E-state index contributed by atoms with van der Waals surface area (Å²) in [6.07, 6.45) is -0.158. The Balaban J connectivity index is 2.14. The van der Waals surface area contributed by atoms with Crippen LogP contribution in [0.4, 0.5) is 0 Å². The van der Waals surface area contributed by atoms with Gasteiger partial charge in [-0.05, 0) is 26.8 Å². The first kappa shape index (κ1) is 15.4. The highest BCUT2D eigenvalue weighted by molar-refractivity contribution is 5.80. The summed E-state index contributed by atoms with van der Waals surface area (Å²) in [6, 6.07) is 7.33. The van der Waals surface area contributed by atoms with Gasteiger partial charge in [-0.2, -0.15) is 0 Å². The van der Waals surface area contributed by atoms with Crippen LogP contribution in [0, 0.1) is 5.92 Å². The minimum atomic E-state index is -1.01. The molecule has 1 heterocycles. The fourth-order valence-corrected chi connectivity index (χ4v) is 2.48. The van der Waals surface area contributed by atoms with Crippen LogP contribution in [0.1, 0.15) is 38.7 Å². The number of carboxylic acids is 1. The molecule has 5 heteroatoms. The summed E-state index contributed by atoms with van der Waals surface area (Å²) in [5.41, 5.74) is 0.220. The molecular weight excluding hydrogens is 272 g/mol. The Morgan fingerprint density at radius 2 is 2.05 bits per heavy atom. The SMILES string of the molecule is CC(C)(C)OC(=O)CC(C(=O)O)[C@H]1COc2ccccc21. The Morgan fingerprint density at radius 1 is 1.38 bits per heavy atom. The standard InChI is InChI=1S/C16H20O5/c1-16(2,3)21-14(17)8-11(15(18)19)12-9-20-13-7-5-4-6-10(12)13/h4-7,11-12H,8-9H2,1-3H3,(H,18,19)/t11?,12-/m0/s1. The molecular formula is C16H20O5. The highest BCUT2D eigenvalue weighted by Crippen LogP contribution is 2.39. The number of ether oxygens (including phenoxy) is 2. The molecule has 2 atom stereocenters. The first-order chi connectivity index (χ1) is 9.78.